The van der Waals surface area contributed by atoms with E-state index in [1.165, 1.54) is 0 Å². The smallest absolute Gasteiger partial charge is 0.248 e. The highest BCUT2D eigenvalue weighted by Gasteiger charge is 2.27. The first-order chi connectivity index (χ1) is 7.16. The molecular formula is C11H20N2O2. The Hall–Kier alpha value is -0.870. The first kappa shape index (κ1) is 12.2. The van der Waals surface area contributed by atoms with Crippen molar-refractivity contribution in [2.24, 2.45) is 0 Å². The molecule has 1 fully saturated rings. The molecule has 2 atom stereocenters. The van der Waals surface area contributed by atoms with Gasteiger partial charge < -0.3 is 15.0 Å². The number of hydrogen-bond acceptors (Lipinski definition) is 3. The monoisotopic (exact) mass is 212 g/mol. The highest BCUT2D eigenvalue weighted by Crippen LogP contribution is 2.08. The van der Waals surface area contributed by atoms with Gasteiger partial charge in [0.15, 0.2) is 0 Å². The number of carbonyl (C=O) groups excluding carboxylic acids is 1. The highest BCUT2D eigenvalue weighted by atomic mass is 16.5. The van der Waals surface area contributed by atoms with Crippen LogP contribution in [0.4, 0.5) is 0 Å². The summed E-state index contributed by atoms with van der Waals surface area (Å²) in [6, 6.07) is 0.584. The Balaban J connectivity index is 2.40. The molecule has 1 saturated heterocycles. The molecule has 1 heterocycles. The highest BCUT2D eigenvalue weighted by molar-refractivity contribution is 5.78. The lowest BCUT2D eigenvalue weighted by atomic mass is 10.1. The van der Waals surface area contributed by atoms with Crippen LogP contribution in [-0.2, 0) is 9.53 Å². The first-order valence-electron chi connectivity index (χ1n) is 5.38. The average Bonchev–Trinajstić information content (AvgIpc) is 2.22. The Labute approximate surface area is 91.3 Å². The van der Waals surface area contributed by atoms with E-state index in [9.17, 15) is 4.79 Å². The van der Waals surface area contributed by atoms with Crippen molar-refractivity contribution in [3.05, 3.63) is 12.7 Å². The number of rotatable bonds is 4. The molecule has 0 aromatic carbocycles. The summed E-state index contributed by atoms with van der Waals surface area (Å²) < 4.78 is 5.15. The molecule has 1 amide bonds. The van der Waals surface area contributed by atoms with Crippen LogP contribution in [0.3, 0.4) is 0 Å². The summed E-state index contributed by atoms with van der Waals surface area (Å²) in [5.41, 5.74) is 0. The fourth-order valence-electron chi connectivity index (χ4n) is 1.72. The van der Waals surface area contributed by atoms with E-state index in [0.717, 1.165) is 13.1 Å². The Morgan fingerprint density at radius 3 is 3.07 bits per heavy atom. The molecule has 0 radical (unpaired) electrons. The quantitative estimate of drug-likeness (QED) is 0.541. The maximum absolute atomic E-state index is 11.8. The van der Waals surface area contributed by atoms with Crippen LogP contribution in [0, 0.1) is 0 Å². The van der Waals surface area contributed by atoms with Crippen molar-refractivity contribution >= 4 is 5.91 Å². The van der Waals surface area contributed by atoms with Crippen LogP contribution in [0.2, 0.25) is 0 Å². The van der Waals surface area contributed by atoms with Gasteiger partial charge in [0.2, 0.25) is 5.91 Å². The van der Waals surface area contributed by atoms with Crippen molar-refractivity contribution in [2.75, 3.05) is 26.3 Å². The van der Waals surface area contributed by atoms with Gasteiger partial charge in [-0.25, -0.2) is 0 Å². The summed E-state index contributed by atoms with van der Waals surface area (Å²) in [5.74, 6) is 0.0673. The first-order valence-corrected chi connectivity index (χ1v) is 5.38. The number of carbonyl (C=O) groups is 1. The molecule has 15 heavy (non-hydrogen) atoms. The van der Waals surface area contributed by atoms with E-state index in [0.29, 0.717) is 12.6 Å². The van der Waals surface area contributed by atoms with E-state index < -0.39 is 0 Å². The number of nitrogens with zero attached hydrogens (tertiary/aromatic N) is 1. The maximum atomic E-state index is 11.8. The largest absolute Gasteiger partial charge is 0.368 e. The van der Waals surface area contributed by atoms with E-state index >= 15 is 0 Å². The van der Waals surface area contributed by atoms with Crippen LogP contribution in [-0.4, -0.2) is 49.2 Å². The van der Waals surface area contributed by atoms with Gasteiger partial charge in [0.05, 0.1) is 6.61 Å². The van der Waals surface area contributed by atoms with Crippen molar-refractivity contribution in [1.29, 1.82) is 0 Å². The summed E-state index contributed by atoms with van der Waals surface area (Å²) >= 11 is 0. The molecule has 0 spiro atoms. The summed E-state index contributed by atoms with van der Waals surface area (Å²) in [7, 11) is 0. The van der Waals surface area contributed by atoms with Crippen molar-refractivity contribution < 1.29 is 9.53 Å². The summed E-state index contributed by atoms with van der Waals surface area (Å²) in [5, 5.41) is 3.33. The number of nitrogens with one attached hydrogen (secondary N) is 1. The molecule has 86 valence electrons. The zero-order valence-electron chi connectivity index (χ0n) is 9.53. The van der Waals surface area contributed by atoms with Gasteiger partial charge in [-0.2, -0.15) is 0 Å². The van der Waals surface area contributed by atoms with Gasteiger partial charge in [-0.3, -0.25) is 4.79 Å². The van der Waals surface area contributed by atoms with E-state index in [1.807, 2.05) is 4.90 Å². The minimum Gasteiger partial charge on any atom is -0.368 e. The second kappa shape index (κ2) is 5.88. The molecule has 1 N–H and O–H groups in total. The SMILES string of the molecule is C=CCOCC(=O)N1CCNC(C)C1C. The lowest BCUT2D eigenvalue weighted by molar-refractivity contribution is -0.139. The molecule has 0 aliphatic carbocycles. The zero-order valence-corrected chi connectivity index (χ0v) is 9.53. The summed E-state index contributed by atoms with van der Waals surface area (Å²) in [4.78, 5) is 13.6. The van der Waals surface area contributed by atoms with Gasteiger partial charge in [0.1, 0.15) is 6.61 Å². The number of hydrogen-bond donors (Lipinski definition) is 1. The molecule has 1 rings (SSSR count). The van der Waals surface area contributed by atoms with E-state index in [2.05, 4.69) is 25.7 Å². The van der Waals surface area contributed by atoms with Crippen molar-refractivity contribution in [1.82, 2.24) is 10.2 Å². The molecule has 1 aliphatic heterocycles. The normalized spacial score (nSPS) is 26.4. The fraction of sp³-hybridized carbons (Fsp3) is 0.727. The zero-order chi connectivity index (χ0) is 11.3. The molecule has 1 aliphatic rings. The van der Waals surface area contributed by atoms with Gasteiger partial charge in [-0.15, -0.1) is 6.58 Å². The predicted octanol–water partition coefficient (Wildman–Crippen LogP) is 0.398. The number of piperazine rings is 1. The number of ether oxygens (including phenoxy) is 1. The standard InChI is InChI=1S/C11H20N2O2/c1-4-7-15-8-11(14)13-6-5-12-9(2)10(13)3/h4,9-10,12H,1,5-8H2,2-3H3. The van der Waals surface area contributed by atoms with Crippen LogP contribution in [0.25, 0.3) is 0 Å². The molecule has 4 heteroatoms. The summed E-state index contributed by atoms with van der Waals surface area (Å²) in [6.07, 6.45) is 1.65. The third-order valence-electron chi connectivity index (χ3n) is 2.82. The van der Waals surface area contributed by atoms with E-state index in [4.69, 9.17) is 4.74 Å². The maximum Gasteiger partial charge on any atom is 0.248 e. The minimum atomic E-state index is 0.0673. The Morgan fingerprint density at radius 1 is 1.67 bits per heavy atom. The van der Waals surface area contributed by atoms with Gasteiger partial charge >= 0.3 is 0 Å². The topological polar surface area (TPSA) is 41.6 Å². The Morgan fingerprint density at radius 2 is 2.40 bits per heavy atom. The lowest BCUT2D eigenvalue weighted by Gasteiger charge is -2.38. The second-order valence-electron chi connectivity index (χ2n) is 3.87. The van der Waals surface area contributed by atoms with E-state index in [-0.39, 0.29) is 18.6 Å². The predicted molar refractivity (Wildman–Crippen MR) is 59.7 cm³/mol. The molecule has 0 aromatic heterocycles. The van der Waals surface area contributed by atoms with Crippen LogP contribution >= 0.6 is 0 Å². The van der Waals surface area contributed by atoms with Gasteiger partial charge in [0.25, 0.3) is 0 Å². The van der Waals surface area contributed by atoms with Crippen molar-refractivity contribution in [2.45, 2.75) is 25.9 Å². The van der Waals surface area contributed by atoms with Crippen molar-refractivity contribution in [3.63, 3.8) is 0 Å². The average molecular weight is 212 g/mol. The van der Waals surface area contributed by atoms with Gasteiger partial charge in [-0.1, -0.05) is 6.08 Å². The third kappa shape index (κ3) is 3.32. The van der Waals surface area contributed by atoms with Crippen LogP contribution in [0.5, 0.6) is 0 Å². The molecule has 0 saturated carbocycles. The Bertz CT molecular complexity index is 231. The molecule has 0 aromatic rings. The minimum absolute atomic E-state index is 0.0673. The van der Waals surface area contributed by atoms with E-state index in [1.54, 1.807) is 6.08 Å². The van der Waals surface area contributed by atoms with Crippen LogP contribution < -0.4 is 5.32 Å². The molecule has 2 unspecified atom stereocenters. The number of amides is 1. The van der Waals surface area contributed by atoms with Crippen LogP contribution in [0.15, 0.2) is 12.7 Å². The van der Waals surface area contributed by atoms with Gasteiger partial charge in [0, 0.05) is 25.2 Å². The molecule has 4 nitrogen and oxygen atoms in total. The van der Waals surface area contributed by atoms with Crippen LogP contribution in [0.1, 0.15) is 13.8 Å². The third-order valence-corrected chi connectivity index (χ3v) is 2.82. The fourth-order valence-corrected chi connectivity index (χ4v) is 1.72. The molecular weight excluding hydrogens is 192 g/mol. The Kier molecular flexibility index (Phi) is 4.78. The molecule has 0 bridgehead atoms. The van der Waals surface area contributed by atoms with Crippen molar-refractivity contribution in [3.8, 4) is 0 Å². The second-order valence-corrected chi connectivity index (χ2v) is 3.87. The lowest BCUT2D eigenvalue weighted by Crippen LogP contribution is -2.57. The van der Waals surface area contributed by atoms with Gasteiger partial charge in [-0.05, 0) is 13.8 Å². The summed E-state index contributed by atoms with van der Waals surface area (Å²) in [6.45, 7) is 9.90.